The number of thiazole rings is 1. The van der Waals surface area contributed by atoms with Crippen LogP contribution in [0.3, 0.4) is 0 Å². The van der Waals surface area contributed by atoms with E-state index >= 15 is 0 Å². The van der Waals surface area contributed by atoms with Crippen LogP contribution in [0, 0.1) is 6.92 Å². The van der Waals surface area contributed by atoms with Crippen LogP contribution >= 0.6 is 11.3 Å². The van der Waals surface area contributed by atoms with Crippen LogP contribution in [0.1, 0.15) is 30.0 Å². The minimum atomic E-state index is -0.421. The zero-order chi connectivity index (χ0) is 9.14. The Hall–Kier alpha value is -0.670. The van der Waals surface area contributed by atoms with Gasteiger partial charge in [0.15, 0.2) is 0 Å². The maximum Gasteiger partial charge on any atom is 0.0937 e. The van der Waals surface area contributed by atoms with Crippen LogP contribution in [0.5, 0.6) is 0 Å². The van der Waals surface area contributed by atoms with Gasteiger partial charge in [-0.15, -0.1) is 17.9 Å². The second kappa shape index (κ2) is 3.83. The third kappa shape index (κ3) is 2.16. The highest BCUT2D eigenvalue weighted by Gasteiger charge is 2.12. The van der Waals surface area contributed by atoms with Gasteiger partial charge >= 0.3 is 0 Å². The molecule has 1 rings (SSSR count). The Morgan fingerprint density at radius 3 is 2.92 bits per heavy atom. The number of aromatic nitrogens is 1. The van der Waals surface area contributed by atoms with Gasteiger partial charge in [0.05, 0.1) is 22.2 Å². The lowest BCUT2D eigenvalue weighted by Crippen LogP contribution is -1.96. The van der Waals surface area contributed by atoms with Crippen molar-refractivity contribution in [3.05, 3.63) is 28.2 Å². The third-order valence-corrected chi connectivity index (χ3v) is 2.66. The summed E-state index contributed by atoms with van der Waals surface area (Å²) in [4.78, 5) is 5.03. The van der Waals surface area contributed by atoms with Crippen LogP contribution in [0.15, 0.2) is 17.7 Å². The van der Waals surface area contributed by atoms with Gasteiger partial charge in [0, 0.05) is 0 Å². The molecule has 0 radical (unpaired) electrons. The fourth-order valence-corrected chi connectivity index (χ4v) is 1.84. The van der Waals surface area contributed by atoms with Crippen molar-refractivity contribution in [2.75, 3.05) is 0 Å². The molecule has 1 heterocycles. The van der Waals surface area contributed by atoms with E-state index < -0.39 is 6.10 Å². The van der Waals surface area contributed by atoms with Gasteiger partial charge in [-0.3, -0.25) is 0 Å². The minimum Gasteiger partial charge on any atom is -0.387 e. The van der Waals surface area contributed by atoms with Crippen molar-refractivity contribution < 1.29 is 5.11 Å². The summed E-state index contributed by atoms with van der Waals surface area (Å²) in [6, 6.07) is 0. The number of nitrogens with zero attached hydrogens (tertiary/aromatic N) is 1. The van der Waals surface area contributed by atoms with E-state index in [0.29, 0.717) is 6.42 Å². The second-order valence-corrected chi connectivity index (χ2v) is 3.87. The monoisotopic (exact) mass is 183 g/mol. The van der Waals surface area contributed by atoms with E-state index in [9.17, 15) is 5.11 Å². The molecule has 3 heteroatoms. The lowest BCUT2D eigenvalue weighted by atomic mass is 10.1. The Morgan fingerprint density at radius 1 is 1.83 bits per heavy atom. The number of hydrogen-bond donors (Lipinski definition) is 1. The Balaban J connectivity index is 2.71. The molecule has 2 nitrogen and oxygen atoms in total. The first kappa shape index (κ1) is 9.42. The molecule has 0 aromatic carbocycles. The zero-order valence-electron chi connectivity index (χ0n) is 7.37. The van der Waals surface area contributed by atoms with Gasteiger partial charge in [-0.25, -0.2) is 4.98 Å². The van der Waals surface area contributed by atoms with Gasteiger partial charge in [0.25, 0.3) is 0 Å². The molecule has 66 valence electrons. The number of hydrogen-bond acceptors (Lipinski definition) is 3. The van der Waals surface area contributed by atoms with E-state index in [1.807, 2.05) is 13.8 Å². The first-order chi connectivity index (χ1) is 5.61. The molecule has 0 aliphatic carbocycles. The number of aliphatic hydroxyl groups excluding tert-OH is 1. The van der Waals surface area contributed by atoms with Crippen molar-refractivity contribution in [2.24, 2.45) is 0 Å². The van der Waals surface area contributed by atoms with Crippen LogP contribution in [0.2, 0.25) is 0 Å². The topological polar surface area (TPSA) is 33.1 Å². The molecule has 0 amide bonds. The van der Waals surface area contributed by atoms with Crippen LogP contribution in [-0.2, 0) is 0 Å². The fraction of sp³-hybridized carbons (Fsp3) is 0.444. The largest absolute Gasteiger partial charge is 0.387 e. The van der Waals surface area contributed by atoms with Gasteiger partial charge in [0.1, 0.15) is 0 Å². The molecular weight excluding hydrogens is 170 g/mol. The standard InChI is InChI=1S/C9H13NOS/c1-6(2)4-8(11)9-7(3)10-5-12-9/h5,8,11H,1,4H2,2-3H3. The molecular formula is C9H13NOS. The summed E-state index contributed by atoms with van der Waals surface area (Å²) < 4.78 is 0. The molecule has 0 saturated heterocycles. The smallest absolute Gasteiger partial charge is 0.0937 e. The Morgan fingerprint density at radius 2 is 2.50 bits per heavy atom. The lowest BCUT2D eigenvalue weighted by Gasteiger charge is -2.07. The highest BCUT2D eigenvalue weighted by molar-refractivity contribution is 7.09. The summed E-state index contributed by atoms with van der Waals surface area (Å²) in [5.41, 5.74) is 3.68. The molecule has 1 atom stereocenters. The molecule has 1 unspecified atom stereocenters. The van der Waals surface area contributed by atoms with Crippen molar-refractivity contribution in [3.8, 4) is 0 Å². The van der Waals surface area contributed by atoms with E-state index in [1.165, 1.54) is 11.3 Å². The highest BCUT2D eigenvalue weighted by Crippen LogP contribution is 2.25. The Bertz CT molecular complexity index is 280. The molecule has 0 spiro atoms. The van der Waals surface area contributed by atoms with Crippen LogP contribution in [0.25, 0.3) is 0 Å². The summed E-state index contributed by atoms with van der Waals surface area (Å²) in [6.07, 6.45) is 0.207. The van der Waals surface area contributed by atoms with Gasteiger partial charge < -0.3 is 5.11 Å². The van der Waals surface area contributed by atoms with Crippen molar-refractivity contribution in [1.82, 2.24) is 4.98 Å². The third-order valence-electron chi connectivity index (χ3n) is 1.63. The lowest BCUT2D eigenvalue weighted by molar-refractivity contribution is 0.181. The zero-order valence-corrected chi connectivity index (χ0v) is 8.19. The molecule has 1 aromatic heterocycles. The minimum absolute atomic E-state index is 0.421. The summed E-state index contributed by atoms with van der Waals surface area (Å²) in [5.74, 6) is 0. The number of aliphatic hydroxyl groups is 1. The Labute approximate surface area is 76.6 Å². The van der Waals surface area contributed by atoms with Crippen LogP contribution in [-0.4, -0.2) is 10.1 Å². The van der Waals surface area contributed by atoms with Crippen LogP contribution in [0.4, 0.5) is 0 Å². The van der Waals surface area contributed by atoms with Gasteiger partial charge in [-0.2, -0.15) is 0 Å². The van der Waals surface area contributed by atoms with Crippen LogP contribution < -0.4 is 0 Å². The number of aryl methyl sites for hydroxylation is 1. The first-order valence-electron chi connectivity index (χ1n) is 3.83. The van der Waals surface area contributed by atoms with E-state index in [2.05, 4.69) is 11.6 Å². The van der Waals surface area contributed by atoms with E-state index in [0.717, 1.165) is 16.1 Å². The van der Waals surface area contributed by atoms with Crippen molar-refractivity contribution in [3.63, 3.8) is 0 Å². The van der Waals surface area contributed by atoms with E-state index in [-0.39, 0.29) is 0 Å². The summed E-state index contributed by atoms with van der Waals surface area (Å²) in [5, 5.41) is 9.67. The Kier molecular flexibility index (Phi) is 3.00. The van der Waals surface area contributed by atoms with Crippen molar-refractivity contribution in [2.45, 2.75) is 26.4 Å². The second-order valence-electron chi connectivity index (χ2n) is 2.98. The molecule has 0 aliphatic rings. The predicted molar refractivity (Wildman–Crippen MR) is 51.2 cm³/mol. The summed E-state index contributed by atoms with van der Waals surface area (Å²) in [7, 11) is 0. The van der Waals surface area contributed by atoms with Crippen molar-refractivity contribution >= 4 is 11.3 Å². The molecule has 1 N–H and O–H groups in total. The highest BCUT2D eigenvalue weighted by atomic mass is 32.1. The molecule has 1 aromatic rings. The molecule has 0 fully saturated rings. The quantitative estimate of drug-likeness (QED) is 0.730. The molecule has 0 aliphatic heterocycles. The molecule has 0 saturated carbocycles. The maximum absolute atomic E-state index is 9.67. The molecule has 12 heavy (non-hydrogen) atoms. The van der Waals surface area contributed by atoms with E-state index in [4.69, 9.17) is 0 Å². The number of rotatable bonds is 3. The van der Waals surface area contributed by atoms with E-state index in [1.54, 1.807) is 5.51 Å². The SMILES string of the molecule is C=C(C)CC(O)c1scnc1C. The summed E-state index contributed by atoms with van der Waals surface area (Å²) >= 11 is 1.50. The van der Waals surface area contributed by atoms with Crippen molar-refractivity contribution in [1.29, 1.82) is 0 Å². The van der Waals surface area contributed by atoms with Gasteiger partial charge in [-0.05, 0) is 20.3 Å². The fourth-order valence-electron chi connectivity index (χ4n) is 1.05. The van der Waals surface area contributed by atoms with Gasteiger partial charge in [0.2, 0.25) is 0 Å². The normalized spacial score (nSPS) is 12.9. The first-order valence-corrected chi connectivity index (χ1v) is 4.71. The maximum atomic E-state index is 9.67. The molecule has 0 bridgehead atoms. The summed E-state index contributed by atoms with van der Waals surface area (Å²) in [6.45, 7) is 7.59. The average molecular weight is 183 g/mol. The average Bonchev–Trinajstić information content (AvgIpc) is 2.33. The predicted octanol–water partition coefficient (Wildman–Crippen LogP) is 2.45. The van der Waals surface area contributed by atoms with Gasteiger partial charge in [-0.1, -0.05) is 5.57 Å².